The number of halogens is 1. The maximum absolute atomic E-state index is 14.4. The highest BCUT2D eigenvalue weighted by Crippen LogP contribution is 2.32. The summed E-state index contributed by atoms with van der Waals surface area (Å²) in [6.07, 6.45) is 2.85. The number of hydrogen-bond acceptors (Lipinski definition) is 3. The van der Waals surface area contributed by atoms with Crippen molar-refractivity contribution in [2.24, 2.45) is 0 Å². The van der Waals surface area contributed by atoms with E-state index in [4.69, 9.17) is 4.74 Å². The summed E-state index contributed by atoms with van der Waals surface area (Å²) in [4.78, 5) is 12.1. The molecule has 5 heteroatoms. The van der Waals surface area contributed by atoms with Crippen LogP contribution in [-0.2, 0) is 28.9 Å². The maximum Gasteiger partial charge on any atom is 0.310 e. The van der Waals surface area contributed by atoms with Gasteiger partial charge in [-0.15, -0.1) is 0 Å². The SMILES string of the molecule is CCCOC(=O)Cc1c2n(c3c(F)cccc13)C[C@H](NC)CC2. The van der Waals surface area contributed by atoms with E-state index in [2.05, 4.69) is 5.32 Å². The number of para-hydroxylation sites is 1. The van der Waals surface area contributed by atoms with E-state index < -0.39 is 0 Å². The number of benzene rings is 1. The van der Waals surface area contributed by atoms with Crippen LogP contribution >= 0.6 is 0 Å². The fourth-order valence-electron chi connectivity index (χ4n) is 3.44. The third-order valence-corrected chi connectivity index (χ3v) is 4.59. The van der Waals surface area contributed by atoms with Gasteiger partial charge in [0.2, 0.25) is 0 Å². The third-order valence-electron chi connectivity index (χ3n) is 4.59. The van der Waals surface area contributed by atoms with E-state index in [0.717, 1.165) is 42.5 Å². The standard InChI is InChI=1S/C18H23FN2O2/c1-3-9-23-17(22)10-14-13-5-4-6-15(19)18(13)21-11-12(20-2)7-8-16(14)21/h4-6,12,20H,3,7-11H2,1-2H3/t12-/m1/s1. The molecule has 0 amide bonds. The van der Waals surface area contributed by atoms with E-state index in [1.165, 1.54) is 6.07 Å². The van der Waals surface area contributed by atoms with Gasteiger partial charge in [0.05, 0.1) is 18.5 Å². The number of carbonyl (C=O) groups is 1. The number of rotatable bonds is 5. The second-order valence-electron chi connectivity index (χ2n) is 6.09. The Hall–Kier alpha value is -1.88. The van der Waals surface area contributed by atoms with E-state index in [9.17, 15) is 9.18 Å². The number of esters is 1. The Morgan fingerprint density at radius 1 is 1.48 bits per heavy atom. The van der Waals surface area contributed by atoms with Crippen LogP contribution in [0.5, 0.6) is 0 Å². The molecule has 0 bridgehead atoms. The van der Waals surface area contributed by atoms with Crippen molar-refractivity contribution in [2.45, 2.75) is 45.2 Å². The van der Waals surface area contributed by atoms with Crippen LogP contribution in [-0.4, -0.2) is 30.2 Å². The van der Waals surface area contributed by atoms with Crippen LogP contribution in [0.15, 0.2) is 18.2 Å². The zero-order valence-corrected chi connectivity index (χ0v) is 13.7. The molecule has 0 saturated carbocycles. The molecule has 124 valence electrons. The van der Waals surface area contributed by atoms with Gasteiger partial charge in [-0.2, -0.15) is 0 Å². The Morgan fingerprint density at radius 3 is 3.04 bits per heavy atom. The lowest BCUT2D eigenvalue weighted by Crippen LogP contribution is -2.35. The first kappa shape index (κ1) is 16.0. The fraction of sp³-hybridized carbons (Fsp3) is 0.500. The topological polar surface area (TPSA) is 43.3 Å². The molecule has 1 aromatic heterocycles. The predicted octanol–water partition coefficient (Wildman–Crippen LogP) is 2.81. The largest absolute Gasteiger partial charge is 0.465 e. The summed E-state index contributed by atoms with van der Waals surface area (Å²) in [6.45, 7) is 3.13. The number of aromatic nitrogens is 1. The summed E-state index contributed by atoms with van der Waals surface area (Å²) in [6, 6.07) is 5.43. The molecule has 1 N–H and O–H groups in total. The number of nitrogens with one attached hydrogen (secondary N) is 1. The molecule has 2 heterocycles. The van der Waals surface area contributed by atoms with Crippen molar-refractivity contribution in [1.82, 2.24) is 9.88 Å². The molecule has 1 aliphatic rings. The molecule has 0 fully saturated rings. The highest BCUT2D eigenvalue weighted by molar-refractivity contribution is 5.90. The fourth-order valence-corrected chi connectivity index (χ4v) is 3.44. The van der Waals surface area contributed by atoms with Gasteiger partial charge in [-0.1, -0.05) is 19.1 Å². The van der Waals surface area contributed by atoms with Gasteiger partial charge in [-0.3, -0.25) is 4.79 Å². The van der Waals surface area contributed by atoms with Crippen molar-refractivity contribution in [3.63, 3.8) is 0 Å². The first-order valence-electron chi connectivity index (χ1n) is 8.27. The van der Waals surface area contributed by atoms with Crippen LogP contribution in [0.3, 0.4) is 0 Å². The van der Waals surface area contributed by atoms with Gasteiger partial charge in [-0.25, -0.2) is 4.39 Å². The zero-order valence-electron chi connectivity index (χ0n) is 13.7. The average Bonchev–Trinajstić information content (AvgIpc) is 2.87. The molecule has 0 spiro atoms. The van der Waals surface area contributed by atoms with Crippen molar-refractivity contribution in [3.05, 3.63) is 35.3 Å². The van der Waals surface area contributed by atoms with Gasteiger partial charge in [0.25, 0.3) is 0 Å². The van der Waals surface area contributed by atoms with Gasteiger partial charge < -0.3 is 14.6 Å². The Bertz CT molecular complexity index is 723. The summed E-state index contributed by atoms with van der Waals surface area (Å²) in [5, 5.41) is 4.11. The molecule has 0 aliphatic carbocycles. The number of hydrogen-bond donors (Lipinski definition) is 1. The summed E-state index contributed by atoms with van der Waals surface area (Å²) in [5.74, 6) is -0.462. The highest BCUT2D eigenvalue weighted by Gasteiger charge is 2.26. The number of carbonyl (C=O) groups excluding carboxylic acids is 1. The van der Waals surface area contributed by atoms with E-state index in [-0.39, 0.29) is 18.2 Å². The van der Waals surface area contributed by atoms with Crippen molar-refractivity contribution in [3.8, 4) is 0 Å². The molecule has 1 aliphatic heterocycles. The van der Waals surface area contributed by atoms with Crippen molar-refractivity contribution < 1.29 is 13.9 Å². The van der Waals surface area contributed by atoms with Gasteiger partial charge >= 0.3 is 5.97 Å². The van der Waals surface area contributed by atoms with Crippen molar-refractivity contribution in [2.75, 3.05) is 13.7 Å². The molecule has 0 radical (unpaired) electrons. The van der Waals surface area contributed by atoms with Gasteiger partial charge in [-0.05, 0) is 37.9 Å². The first-order valence-corrected chi connectivity index (χ1v) is 8.27. The molecule has 3 rings (SSSR count). The normalized spacial score (nSPS) is 17.3. The van der Waals surface area contributed by atoms with Crippen molar-refractivity contribution >= 4 is 16.9 Å². The van der Waals surface area contributed by atoms with Gasteiger partial charge in [0, 0.05) is 23.7 Å². The molecule has 0 unspecified atom stereocenters. The summed E-state index contributed by atoms with van der Waals surface area (Å²) >= 11 is 0. The maximum atomic E-state index is 14.4. The predicted molar refractivity (Wildman–Crippen MR) is 88.0 cm³/mol. The lowest BCUT2D eigenvalue weighted by Gasteiger charge is -2.25. The average molecular weight is 318 g/mol. The Labute approximate surface area is 135 Å². The van der Waals surface area contributed by atoms with Gasteiger partial charge in [0.1, 0.15) is 5.82 Å². The minimum Gasteiger partial charge on any atom is -0.465 e. The minimum atomic E-state index is -0.234. The molecule has 0 saturated heterocycles. The van der Waals surface area contributed by atoms with Crippen LogP contribution in [0, 0.1) is 5.82 Å². The Morgan fingerprint density at radius 2 is 2.30 bits per heavy atom. The first-order chi connectivity index (χ1) is 11.2. The number of fused-ring (bicyclic) bond motifs is 3. The Kier molecular flexibility index (Phi) is 4.66. The second kappa shape index (κ2) is 6.71. The number of ether oxygens (including phenoxy) is 1. The molecule has 1 atom stereocenters. The van der Waals surface area contributed by atoms with Crippen LogP contribution in [0.25, 0.3) is 10.9 Å². The molecule has 1 aromatic carbocycles. The van der Waals surface area contributed by atoms with E-state index in [1.54, 1.807) is 6.07 Å². The van der Waals surface area contributed by atoms with Gasteiger partial charge in [0.15, 0.2) is 0 Å². The summed E-state index contributed by atoms with van der Waals surface area (Å²) in [7, 11) is 1.93. The molecule has 23 heavy (non-hydrogen) atoms. The number of nitrogens with zero attached hydrogens (tertiary/aromatic N) is 1. The molecule has 2 aromatic rings. The lowest BCUT2D eigenvalue weighted by molar-refractivity contribution is -0.142. The van der Waals surface area contributed by atoms with E-state index in [0.29, 0.717) is 18.2 Å². The smallest absolute Gasteiger partial charge is 0.310 e. The van der Waals surface area contributed by atoms with E-state index in [1.807, 2.05) is 24.6 Å². The van der Waals surface area contributed by atoms with Crippen LogP contribution < -0.4 is 5.32 Å². The monoisotopic (exact) mass is 318 g/mol. The zero-order chi connectivity index (χ0) is 16.4. The summed E-state index contributed by atoms with van der Waals surface area (Å²) in [5.41, 5.74) is 2.61. The van der Waals surface area contributed by atoms with Crippen molar-refractivity contribution in [1.29, 1.82) is 0 Å². The molecular formula is C18H23FN2O2. The minimum absolute atomic E-state index is 0.215. The molecule has 4 nitrogen and oxygen atoms in total. The molecular weight excluding hydrogens is 295 g/mol. The highest BCUT2D eigenvalue weighted by atomic mass is 19.1. The summed E-state index contributed by atoms with van der Waals surface area (Å²) < 4.78 is 21.7. The quantitative estimate of drug-likeness (QED) is 0.862. The van der Waals surface area contributed by atoms with Crippen LogP contribution in [0.4, 0.5) is 4.39 Å². The van der Waals surface area contributed by atoms with Crippen LogP contribution in [0.2, 0.25) is 0 Å². The van der Waals surface area contributed by atoms with Crippen LogP contribution in [0.1, 0.15) is 31.0 Å². The van der Waals surface area contributed by atoms with E-state index >= 15 is 0 Å². The second-order valence-corrected chi connectivity index (χ2v) is 6.09. The Balaban J connectivity index is 2.04. The third kappa shape index (κ3) is 2.98. The lowest BCUT2D eigenvalue weighted by atomic mass is 10.0. The number of likely N-dealkylation sites (N-methyl/N-ethyl adjacent to an activating group) is 1.